The van der Waals surface area contributed by atoms with E-state index in [2.05, 4.69) is 15.9 Å². The molecule has 100 valence electrons. The monoisotopic (exact) mass is 344 g/mol. The van der Waals surface area contributed by atoms with Gasteiger partial charge in [0.05, 0.1) is 6.10 Å². The van der Waals surface area contributed by atoms with Crippen LogP contribution < -0.4 is 0 Å². The summed E-state index contributed by atoms with van der Waals surface area (Å²) < 4.78 is 27.1. The van der Waals surface area contributed by atoms with Crippen molar-refractivity contribution >= 4 is 27.7 Å². The van der Waals surface area contributed by atoms with Crippen LogP contribution in [0.5, 0.6) is 0 Å². The molecule has 0 aliphatic carbocycles. The molecular formula is C14H11BrF2OS. The first-order valence-corrected chi connectivity index (χ1v) is 7.18. The number of hydrogen-bond acceptors (Lipinski definition) is 2. The molecule has 0 bridgehead atoms. The fraction of sp³-hybridized carbons (Fsp3) is 0.143. The smallest absolute Gasteiger partial charge is 0.140 e. The molecule has 2 rings (SSSR count). The van der Waals surface area contributed by atoms with Gasteiger partial charge in [-0.15, -0.1) is 0 Å². The Bertz CT molecular complexity index is 602. The first kappa shape index (κ1) is 14.5. The van der Waals surface area contributed by atoms with Gasteiger partial charge in [-0.1, -0.05) is 17.8 Å². The lowest BCUT2D eigenvalue weighted by molar-refractivity contribution is 0.199. The number of rotatable bonds is 3. The molecule has 1 nitrogen and oxygen atoms in total. The van der Waals surface area contributed by atoms with Gasteiger partial charge < -0.3 is 5.11 Å². The minimum absolute atomic E-state index is 0.354. The summed E-state index contributed by atoms with van der Waals surface area (Å²) in [7, 11) is 0. The average molecular weight is 345 g/mol. The molecule has 0 aliphatic heterocycles. The first-order chi connectivity index (χ1) is 8.97. The Morgan fingerprint density at radius 1 is 1.11 bits per heavy atom. The molecular weight excluding hydrogens is 334 g/mol. The van der Waals surface area contributed by atoms with Crippen LogP contribution in [0.4, 0.5) is 8.78 Å². The molecule has 0 saturated heterocycles. The quantitative estimate of drug-likeness (QED) is 0.851. The number of benzene rings is 2. The maximum Gasteiger partial charge on any atom is 0.140 e. The van der Waals surface area contributed by atoms with Crippen molar-refractivity contribution < 1.29 is 13.9 Å². The van der Waals surface area contributed by atoms with E-state index >= 15 is 0 Å². The van der Waals surface area contributed by atoms with Crippen molar-refractivity contribution in [1.82, 2.24) is 0 Å². The van der Waals surface area contributed by atoms with Gasteiger partial charge in [0.1, 0.15) is 11.6 Å². The summed E-state index contributed by atoms with van der Waals surface area (Å²) >= 11 is 4.58. The van der Waals surface area contributed by atoms with Crippen LogP contribution in [0, 0.1) is 11.6 Å². The Morgan fingerprint density at radius 3 is 2.37 bits per heavy atom. The summed E-state index contributed by atoms with van der Waals surface area (Å²) in [6.07, 6.45) is -0.557. The second-order valence-corrected chi connectivity index (χ2v) is 5.98. The van der Waals surface area contributed by atoms with Gasteiger partial charge in [0.25, 0.3) is 0 Å². The topological polar surface area (TPSA) is 20.2 Å². The van der Waals surface area contributed by atoms with Crippen molar-refractivity contribution in [2.45, 2.75) is 22.8 Å². The van der Waals surface area contributed by atoms with Gasteiger partial charge >= 0.3 is 0 Å². The fourth-order valence-corrected chi connectivity index (χ4v) is 3.00. The van der Waals surface area contributed by atoms with E-state index in [0.29, 0.717) is 4.90 Å². The third-order valence-corrected chi connectivity index (χ3v) is 4.60. The number of hydrogen-bond donors (Lipinski definition) is 1. The molecule has 0 saturated carbocycles. The Morgan fingerprint density at radius 2 is 1.79 bits per heavy atom. The molecule has 0 aliphatic rings. The van der Waals surface area contributed by atoms with Crippen LogP contribution in [0.2, 0.25) is 0 Å². The average Bonchev–Trinajstić information content (AvgIpc) is 2.34. The van der Waals surface area contributed by atoms with Crippen LogP contribution >= 0.6 is 27.7 Å². The van der Waals surface area contributed by atoms with Crippen molar-refractivity contribution in [1.29, 1.82) is 0 Å². The molecule has 2 aromatic rings. The van der Waals surface area contributed by atoms with Crippen molar-refractivity contribution in [2.24, 2.45) is 0 Å². The lowest BCUT2D eigenvalue weighted by Gasteiger charge is -2.09. The highest BCUT2D eigenvalue weighted by atomic mass is 79.9. The summed E-state index contributed by atoms with van der Waals surface area (Å²) in [6.45, 7) is 1.67. The van der Waals surface area contributed by atoms with Crippen molar-refractivity contribution in [3.05, 3.63) is 58.1 Å². The molecule has 19 heavy (non-hydrogen) atoms. The standard InChI is InChI=1S/C14H11BrF2OS/c1-8(18)9-2-4-13(11(15)6-9)19-14-5-3-10(16)7-12(14)17/h2-8,18H,1H3/t8-/m0/s1. The molecule has 5 heteroatoms. The van der Waals surface area contributed by atoms with Gasteiger partial charge in [0, 0.05) is 20.3 Å². The Kier molecular flexibility index (Phi) is 4.60. The fourth-order valence-electron chi connectivity index (χ4n) is 1.54. The van der Waals surface area contributed by atoms with Crippen LogP contribution in [0.1, 0.15) is 18.6 Å². The van der Waals surface area contributed by atoms with Crippen LogP contribution in [-0.2, 0) is 0 Å². The molecule has 0 radical (unpaired) electrons. The molecule has 0 unspecified atom stereocenters. The zero-order chi connectivity index (χ0) is 14.0. The lowest BCUT2D eigenvalue weighted by atomic mass is 10.1. The Hall–Kier alpha value is -0.910. The van der Waals surface area contributed by atoms with Gasteiger partial charge in [0.2, 0.25) is 0 Å². The van der Waals surface area contributed by atoms with Gasteiger partial charge in [-0.3, -0.25) is 0 Å². The summed E-state index contributed by atoms with van der Waals surface area (Å²) in [5.41, 5.74) is 0.774. The van der Waals surface area contributed by atoms with Crippen LogP contribution in [0.25, 0.3) is 0 Å². The van der Waals surface area contributed by atoms with Crippen molar-refractivity contribution in [3.63, 3.8) is 0 Å². The van der Waals surface area contributed by atoms with Crippen molar-refractivity contribution in [3.8, 4) is 0 Å². The zero-order valence-corrected chi connectivity index (χ0v) is 12.4. The van der Waals surface area contributed by atoms with Gasteiger partial charge in [-0.25, -0.2) is 8.78 Å². The van der Waals surface area contributed by atoms with Crippen molar-refractivity contribution in [2.75, 3.05) is 0 Å². The van der Waals surface area contributed by atoms with E-state index in [4.69, 9.17) is 0 Å². The van der Waals surface area contributed by atoms with Crippen LogP contribution in [0.3, 0.4) is 0 Å². The SMILES string of the molecule is C[C@H](O)c1ccc(Sc2ccc(F)cc2F)c(Br)c1. The minimum atomic E-state index is -0.592. The van der Waals surface area contributed by atoms with E-state index in [-0.39, 0.29) is 0 Å². The molecule has 0 heterocycles. The molecule has 1 N–H and O–H groups in total. The predicted octanol–water partition coefficient (Wildman–Crippen LogP) is 4.93. The van der Waals surface area contributed by atoms with E-state index in [1.54, 1.807) is 25.1 Å². The van der Waals surface area contributed by atoms with E-state index in [1.165, 1.54) is 23.9 Å². The molecule has 0 aromatic heterocycles. The summed E-state index contributed by atoms with van der Waals surface area (Å²) in [6, 6.07) is 8.85. The highest BCUT2D eigenvalue weighted by Crippen LogP contribution is 2.36. The van der Waals surface area contributed by atoms with E-state index < -0.39 is 17.7 Å². The van der Waals surface area contributed by atoms with Gasteiger partial charge in [-0.05, 0) is 52.7 Å². The highest BCUT2D eigenvalue weighted by molar-refractivity contribution is 9.10. The Balaban J connectivity index is 2.28. The minimum Gasteiger partial charge on any atom is -0.389 e. The predicted molar refractivity (Wildman–Crippen MR) is 75.3 cm³/mol. The summed E-state index contributed by atoms with van der Waals surface area (Å²) in [5, 5.41) is 9.47. The molecule has 1 atom stereocenters. The third kappa shape index (κ3) is 3.55. The molecule has 0 fully saturated rings. The normalized spacial score (nSPS) is 12.5. The number of aliphatic hydroxyl groups is 1. The second kappa shape index (κ2) is 6.03. The zero-order valence-electron chi connectivity index (χ0n) is 10.0. The maximum atomic E-state index is 13.6. The maximum absolute atomic E-state index is 13.6. The molecule has 2 aromatic carbocycles. The van der Waals surface area contributed by atoms with Gasteiger partial charge in [0.15, 0.2) is 0 Å². The summed E-state index contributed by atoms with van der Waals surface area (Å²) in [4.78, 5) is 1.15. The third-order valence-electron chi connectivity index (χ3n) is 2.55. The molecule has 0 amide bonds. The van der Waals surface area contributed by atoms with Gasteiger partial charge in [-0.2, -0.15) is 0 Å². The lowest BCUT2D eigenvalue weighted by Crippen LogP contribution is -1.91. The number of aliphatic hydroxyl groups excluding tert-OH is 1. The molecule has 0 spiro atoms. The number of halogens is 3. The largest absolute Gasteiger partial charge is 0.389 e. The van der Waals surface area contributed by atoms with E-state index in [9.17, 15) is 13.9 Å². The Labute approximate surface area is 122 Å². The van der Waals surface area contributed by atoms with E-state index in [1.807, 2.05) is 0 Å². The summed E-state index contributed by atoms with van der Waals surface area (Å²) in [5.74, 6) is -1.18. The van der Waals surface area contributed by atoms with E-state index in [0.717, 1.165) is 21.0 Å². The second-order valence-electron chi connectivity index (χ2n) is 4.04. The highest BCUT2D eigenvalue weighted by Gasteiger charge is 2.10. The van der Waals surface area contributed by atoms with Crippen LogP contribution in [0.15, 0.2) is 50.7 Å². The van der Waals surface area contributed by atoms with Crippen LogP contribution in [-0.4, -0.2) is 5.11 Å². The first-order valence-electron chi connectivity index (χ1n) is 5.58.